The van der Waals surface area contributed by atoms with Crippen LogP contribution < -0.4 is 5.32 Å². The summed E-state index contributed by atoms with van der Waals surface area (Å²) >= 11 is 0. The Bertz CT molecular complexity index is 1540. The molecule has 0 bridgehead atoms. The van der Waals surface area contributed by atoms with Crippen LogP contribution in [0.5, 0.6) is 0 Å². The number of carboxylic acid groups (broad SMARTS) is 1. The summed E-state index contributed by atoms with van der Waals surface area (Å²) in [5, 5.41) is 11.8. The average Bonchev–Trinajstić information content (AvgIpc) is 2.96. The third-order valence-electron chi connectivity index (χ3n) is 6.24. The first-order valence-corrected chi connectivity index (χ1v) is 12.4. The van der Waals surface area contributed by atoms with Gasteiger partial charge >= 0.3 is 5.97 Å². The molecule has 2 amide bonds. The average molecular weight is 547 g/mol. The number of nitrogens with one attached hydrogen (secondary N) is 1. The van der Waals surface area contributed by atoms with E-state index < -0.39 is 35.2 Å². The highest BCUT2D eigenvalue weighted by atomic mass is 19.1. The maximum absolute atomic E-state index is 14.1. The smallest absolute Gasteiger partial charge is 0.305 e. The van der Waals surface area contributed by atoms with Crippen molar-refractivity contribution in [2.24, 2.45) is 0 Å². The van der Waals surface area contributed by atoms with Crippen LogP contribution in [0.1, 0.15) is 38.3 Å². The molecule has 40 heavy (non-hydrogen) atoms. The van der Waals surface area contributed by atoms with Crippen LogP contribution in [0.15, 0.2) is 91.0 Å². The van der Waals surface area contributed by atoms with Gasteiger partial charge in [0.2, 0.25) is 0 Å². The first kappa shape index (κ1) is 28.1. The second-order valence-electron chi connectivity index (χ2n) is 9.01. The molecule has 0 atom stereocenters. The van der Waals surface area contributed by atoms with Gasteiger partial charge < -0.3 is 15.3 Å². The number of rotatable bonds is 10. The van der Waals surface area contributed by atoms with Gasteiger partial charge in [-0.15, -0.1) is 0 Å². The minimum absolute atomic E-state index is 0.0173. The van der Waals surface area contributed by atoms with Gasteiger partial charge in [0.1, 0.15) is 17.5 Å². The Hall–Kier alpha value is -4.92. The fourth-order valence-corrected chi connectivity index (χ4v) is 4.23. The van der Waals surface area contributed by atoms with Crippen molar-refractivity contribution >= 4 is 17.8 Å². The minimum Gasteiger partial charge on any atom is -0.481 e. The maximum atomic E-state index is 14.1. The van der Waals surface area contributed by atoms with Crippen LogP contribution in [0.4, 0.5) is 13.2 Å². The first-order valence-electron chi connectivity index (χ1n) is 12.4. The summed E-state index contributed by atoms with van der Waals surface area (Å²) in [5.41, 5.74) is 1.87. The first-order chi connectivity index (χ1) is 19.2. The third kappa shape index (κ3) is 6.93. The molecule has 2 N–H and O–H groups in total. The van der Waals surface area contributed by atoms with E-state index in [2.05, 4.69) is 5.32 Å². The molecule has 0 spiro atoms. The normalized spacial score (nSPS) is 10.7. The molecule has 4 rings (SSSR count). The quantitative estimate of drug-likeness (QED) is 0.263. The van der Waals surface area contributed by atoms with Crippen molar-refractivity contribution in [2.45, 2.75) is 19.5 Å². The molecule has 0 aliphatic rings. The van der Waals surface area contributed by atoms with Gasteiger partial charge in [-0.2, -0.15) is 0 Å². The van der Waals surface area contributed by atoms with E-state index in [1.54, 1.807) is 48.5 Å². The summed E-state index contributed by atoms with van der Waals surface area (Å²) in [4.78, 5) is 39.6. The predicted molar refractivity (Wildman–Crippen MR) is 143 cm³/mol. The number of carboxylic acids is 1. The molecule has 0 aromatic heterocycles. The van der Waals surface area contributed by atoms with Gasteiger partial charge in [0.05, 0.1) is 6.42 Å². The summed E-state index contributed by atoms with van der Waals surface area (Å²) in [6.45, 7) is -0.304. The van der Waals surface area contributed by atoms with Crippen molar-refractivity contribution in [1.82, 2.24) is 10.2 Å². The largest absolute Gasteiger partial charge is 0.481 e. The lowest BCUT2D eigenvalue weighted by Gasteiger charge is -2.24. The Labute approximate surface area is 228 Å². The number of hydrogen-bond donors (Lipinski definition) is 2. The molecule has 0 radical (unpaired) electrons. The third-order valence-corrected chi connectivity index (χ3v) is 6.24. The molecule has 0 aliphatic heterocycles. The number of halogens is 3. The van der Waals surface area contributed by atoms with Crippen molar-refractivity contribution in [1.29, 1.82) is 0 Å². The Morgan fingerprint density at radius 1 is 0.750 bits per heavy atom. The maximum Gasteiger partial charge on any atom is 0.305 e. The fourth-order valence-electron chi connectivity index (χ4n) is 4.23. The van der Waals surface area contributed by atoms with Crippen LogP contribution in [-0.2, 0) is 17.9 Å². The zero-order chi connectivity index (χ0) is 28.6. The Morgan fingerprint density at radius 3 is 2.02 bits per heavy atom. The topological polar surface area (TPSA) is 86.7 Å². The standard InChI is InChI=1S/C31H25F3N2O4/c32-22-11-9-20(10-12-22)19-36(16-15-29(37)38)31(40)27-8-4-2-6-25(27)24-5-1-3-7-26(24)30(39)35-18-21-17-23(33)13-14-28(21)34/h1-14,17H,15-16,18-19H2,(H,35,39)(H,37,38). The van der Waals surface area contributed by atoms with E-state index in [0.29, 0.717) is 16.7 Å². The van der Waals surface area contributed by atoms with Gasteiger partial charge in [0.15, 0.2) is 0 Å². The monoisotopic (exact) mass is 546 g/mol. The Morgan fingerprint density at radius 2 is 1.35 bits per heavy atom. The van der Waals surface area contributed by atoms with E-state index in [1.165, 1.54) is 29.2 Å². The van der Waals surface area contributed by atoms with Gasteiger partial charge in [-0.05, 0) is 59.2 Å². The number of benzene rings is 4. The molecule has 4 aromatic carbocycles. The Balaban J connectivity index is 1.64. The van der Waals surface area contributed by atoms with Crippen molar-refractivity contribution < 1.29 is 32.7 Å². The minimum atomic E-state index is -1.08. The summed E-state index contributed by atoms with van der Waals surface area (Å²) in [6, 6.07) is 21.7. The highest BCUT2D eigenvalue weighted by Gasteiger charge is 2.23. The van der Waals surface area contributed by atoms with Crippen molar-refractivity contribution in [3.05, 3.63) is 131 Å². The summed E-state index contributed by atoms with van der Waals surface area (Å²) in [6.07, 6.45) is -0.301. The van der Waals surface area contributed by atoms with Gasteiger partial charge in [0.25, 0.3) is 11.8 Å². The predicted octanol–water partition coefficient (Wildman–Crippen LogP) is 5.82. The van der Waals surface area contributed by atoms with Gasteiger partial charge in [-0.3, -0.25) is 14.4 Å². The molecule has 0 saturated heterocycles. The van der Waals surface area contributed by atoms with E-state index in [9.17, 15) is 32.7 Å². The highest BCUT2D eigenvalue weighted by Crippen LogP contribution is 2.29. The second kappa shape index (κ2) is 12.8. The zero-order valence-electron chi connectivity index (χ0n) is 21.2. The lowest BCUT2D eigenvalue weighted by atomic mass is 9.94. The molecule has 6 nitrogen and oxygen atoms in total. The number of aliphatic carboxylic acids is 1. The van der Waals surface area contributed by atoms with Gasteiger partial charge in [-0.1, -0.05) is 48.5 Å². The molecule has 0 fully saturated rings. The van der Waals surface area contributed by atoms with Crippen LogP contribution in [0.3, 0.4) is 0 Å². The van der Waals surface area contributed by atoms with Crippen LogP contribution in [0.2, 0.25) is 0 Å². The molecule has 0 aliphatic carbocycles. The van der Waals surface area contributed by atoms with E-state index in [4.69, 9.17) is 0 Å². The SMILES string of the molecule is O=C(O)CCN(Cc1ccc(F)cc1)C(=O)c1ccccc1-c1ccccc1C(=O)NCc1cc(F)ccc1F. The number of carbonyl (C=O) groups excluding carboxylic acids is 2. The van der Waals surface area contributed by atoms with E-state index in [0.717, 1.165) is 18.2 Å². The van der Waals surface area contributed by atoms with E-state index in [1.807, 2.05) is 0 Å². The molecule has 9 heteroatoms. The van der Waals surface area contributed by atoms with Crippen molar-refractivity contribution in [2.75, 3.05) is 6.54 Å². The van der Waals surface area contributed by atoms with Crippen molar-refractivity contribution in [3.8, 4) is 11.1 Å². The van der Waals surface area contributed by atoms with Gasteiger partial charge in [0, 0.05) is 36.3 Å². The van der Waals surface area contributed by atoms with Crippen LogP contribution >= 0.6 is 0 Å². The van der Waals surface area contributed by atoms with E-state index in [-0.39, 0.29) is 42.7 Å². The molecule has 0 saturated carbocycles. The highest BCUT2D eigenvalue weighted by molar-refractivity contribution is 6.06. The molecule has 4 aromatic rings. The molecular weight excluding hydrogens is 521 g/mol. The van der Waals surface area contributed by atoms with Gasteiger partial charge in [-0.25, -0.2) is 13.2 Å². The number of amides is 2. The zero-order valence-corrected chi connectivity index (χ0v) is 21.2. The van der Waals surface area contributed by atoms with Crippen LogP contribution in [0, 0.1) is 17.5 Å². The van der Waals surface area contributed by atoms with Crippen molar-refractivity contribution in [3.63, 3.8) is 0 Å². The lowest BCUT2D eigenvalue weighted by molar-refractivity contribution is -0.137. The summed E-state index contributed by atoms with van der Waals surface area (Å²) in [7, 11) is 0. The molecular formula is C31H25F3N2O4. The molecule has 0 heterocycles. The van der Waals surface area contributed by atoms with Crippen LogP contribution in [-0.4, -0.2) is 34.3 Å². The van der Waals surface area contributed by atoms with E-state index >= 15 is 0 Å². The second-order valence-corrected chi connectivity index (χ2v) is 9.01. The van der Waals surface area contributed by atoms with Crippen LogP contribution in [0.25, 0.3) is 11.1 Å². The molecule has 204 valence electrons. The number of nitrogens with zero attached hydrogens (tertiary/aromatic N) is 1. The summed E-state index contributed by atoms with van der Waals surface area (Å²) < 4.78 is 41.0. The summed E-state index contributed by atoms with van der Waals surface area (Å²) in [5.74, 6) is -3.84. The Kier molecular flexibility index (Phi) is 8.96. The molecule has 0 unspecified atom stereocenters. The number of carbonyl (C=O) groups is 3. The lowest BCUT2D eigenvalue weighted by Crippen LogP contribution is -2.33. The number of hydrogen-bond acceptors (Lipinski definition) is 3. The fraction of sp³-hybridized carbons (Fsp3) is 0.129.